The molecule has 3 N–H and O–H groups in total. The van der Waals surface area contributed by atoms with Crippen LogP contribution in [-0.2, 0) is 11.3 Å². The van der Waals surface area contributed by atoms with E-state index in [0.717, 1.165) is 54.5 Å². The molecule has 0 bridgehead atoms. The van der Waals surface area contributed by atoms with Gasteiger partial charge in [0, 0.05) is 55.6 Å². The van der Waals surface area contributed by atoms with E-state index >= 15 is 0 Å². The number of fused-ring (bicyclic) bond motifs is 2. The molecule has 1 saturated heterocycles. The second kappa shape index (κ2) is 12.0. The number of halogens is 3. The molecule has 2 aromatic carbocycles. The van der Waals surface area contributed by atoms with Crippen molar-refractivity contribution in [2.75, 3.05) is 31.5 Å². The lowest BCUT2D eigenvalue weighted by molar-refractivity contribution is -0.192. The van der Waals surface area contributed by atoms with Gasteiger partial charge in [-0.15, -0.1) is 11.3 Å². The summed E-state index contributed by atoms with van der Waals surface area (Å²) in [5.74, 6) is -3.06. The SMILES string of the molecule is O=C(Nc1ccccc1-c1cn2c(CN3CCNCC3)csc2n1)c1cnc2ccccc2n1.O=C(O)C(F)(F)F. The van der Waals surface area contributed by atoms with Crippen LogP contribution in [0.25, 0.3) is 27.3 Å². The number of nitrogens with zero attached hydrogens (tertiary/aromatic N) is 5. The Balaban J connectivity index is 0.000000431. The Morgan fingerprint density at radius 1 is 1.02 bits per heavy atom. The Kier molecular flexibility index (Phi) is 8.23. The number of benzene rings is 2. The number of piperazine rings is 1. The van der Waals surface area contributed by atoms with Gasteiger partial charge in [-0.1, -0.05) is 30.3 Å². The number of amides is 1. The first-order chi connectivity index (χ1) is 19.7. The fourth-order valence-electron chi connectivity index (χ4n) is 4.24. The minimum absolute atomic E-state index is 0.276. The molecule has 0 saturated carbocycles. The second-order valence-corrected chi connectivity index (χ2v) is 9.92. The highest BCUT2D eigenvalue weighted by Gasteiger charge is 2.38. The largest absolute Gasteiger partial charge is 0.490 e. The fraction of sp³-hybridized carbons (Fsp3) is 0.222. The monoisotopic (exact) mass is 583 g/mol. The Bertz CT molecular complexity index is 1700. The molecular weight excluding hydrogens is 559 g/mol. The van der Waals surface area contributed by atoms with Crippen molar-refractivity contribution >= 4 is 44.9 Å². The number of aromatic nitrogens is 4. The summed E-state index contributed by atoms with van der Waals surface area (Å²) in [4.78, 5) is 39.0. The van der Waals surface area contributed by atoms with Gasteiger partial charge in [0.05, 0.1) is 28.6 Å². The number of imidazole rings is 1. The summed E-state index contributed by atoms with van der Waals surface area (Å²) in [6, 6.07) is 15.2. The number of hydrogen-bond acceptors (Lipinski definition) is 8. The number of carbonyl (C=O) groups excluding carboxylic acids is 1. The summed E-state index contributed by atoms with van der Waals surface area (Å²) in [6.07, 6.45) is -1.51. The molecule has 0 unspecified atom stereocenters. The number of anilines is 1. The van der Waals surface area contributed by atoms with Crippen LogP contribution in [0.3, 0.4) is 0 Å². The van der Waals surface area contributed by atoms with Gasteiger partial charge in [0.1, 0.15) is 5.69 Å². The molecule has 0 atom stereocenters. The maximum atomic E-state index is 13.0. The van der Waals surface area contributed by atoms with E-state index in [1.807, 2.05) is 48.5 Å². The number of rotatable bonds is 5. The quantitative estimate of drug-likeness (QED) is 0.280. The summed E-state index contributed by atoms with van der Waals surface area (Å²) in [5, 5.41) is 15.7. The number of carbonyl (C=O) groups is 2. The van der Waals surface area contributed by atoms with Crippen molar-refractivity contribution in [1.29, 1.82) is 0 Å². The molecular formula is C27H24F3N7O3S. The van der Waals surface area contributed by atoms with Crippen LogP contribution >= 0.6 is 11.3 Å². The Labute approximate surface area is 235 Å². The molecule has 5 aromatic rings. The average Bonchev–Trinajstić information content (AvgIpc) is 3.55. The molecule has 0 spiro atoms. The number of carboxylic acid groups (broad SMARTS) is 1. The van der Waals surface area contributed by atoms with E-state index in [0.29, 0.717) is 11.2 Å². The van der Waals surface area contributed by atoms with Crippen LogP contribution in [0.5, 0.6) is 0 Å². The number of para-hydroxylation sites is 3. The summed E-state index contributed by atoms with van der Waals surface area (Å²) in [5.41, 5.74) is 5.34. The standard InChI is InChI=1S/C25H23N7OS.C2HF3O2/c33-24(22-13-27-20-7-3-4-8-21(20)28-22)29-19-6-2-1-5-18(19)23-15-32-17(16-34-25(32)30-23)14-31-11-9-26-10-12-31;3-2(4,5)1(6)7/h1-8,13,15-16,26H,9-12,14H2,(H,29,33);(H,6,7). The minimum atomic E-state index is -5.08. The van der Waals surface area contributed by atoms with Gasteiger partial charge in [0.25, 0.3) is 5.91 Å². The van der Waals surface area contributed by atoms with Crippen molar-refractivity contribution in [2.24, 2.45) is 0 Å². The first kappa shape index (κ1) is 28.1. The van der Waals surface area contributed by atoms with E-state index in [9.17, 15) is 18.0 Å². The lowest BCUT2D eigenvalue weighted by atomic mass is 10.1. The van der Waals surface area contributed by atoms with Gasteiger partial charge < -0.3 is 15.7 Å². The van der Waals surface area contributed by atoms with Gasteiger partial charge in [0.15, 0.2) is 4.96 Å². The van der Waals surface area contributed by atoms with Crippen LogP contribution in [-0.4, -0.2) is 73.6 Å². The molecule has 4 heterocycles. The maximum absolute atomic E-state index is 13.0. The molecule has 1 aliphatic rings. The Hall–Kier alpha value is -4.40. The van der Waals surface area contributed by atoms with Gasteiger partial charge in [-0.2, -0.15) is 13.2 Å². The van der Waals surface area contributed by atoms with Crippen LogP contribution < -0.4 is 10.6 Å². The van der Waals surface area contributed by atoms with E-state index in [2.05, 4.69) is 41.5 Å². The molecule has 6 rings (SSSR count). The Morgan fingerprint density at radius 2 is 1.71 bits per heavy atom. The molecule has 14 heteroatoms. The van der Waals surface area contributed by atoms with Crippen LogP contribution in [0, 0.1) is 0 Å². The summed E-state index contributed by atoms with van der Waals surface area (Å²) >= 11 is 1.64. The lowest BCUT2D eigenvalue weighted by Crippen LogP contribution is -2.43. The highest BCUT2D eigenvalue weighted by atomic mass is 32.1. The highest BCUT2D eigenvalue weighted by molar-refractivity contribution is 7.15. The zero-order valence-corrected chi connectivity index (χ0v) is 22.2. The molecule has 0 radical (unpaired) electrons. The molecule has 0 aliphatic carbocycles. The van der Waals surface area contributed by atoms with E-state index in [1.165, 1.54) is 11.9 Å². The van der Waals surface area contributed by atoms with Gasteiger partial charge in [-0.3, -0.25) is 19.1 Å². The van der Waals surface area contributed by atoms with Gasteiger partial charge in [-0.25, -0.2) is 14.8 Å². The molecule has 10 nitrogen and oxygen atoms in total. The maximum Gasteiger partial charge on any atom is 0.490 e. The van der Waals surface area contributed by atoms with Crippen molar-refractivity contribution in [1.82, 2.24) is 29.6 Å². The third-order valence-corrected chi connectivity index (χ3v) is 7.14. The first-order valence-corrected chi connectivity index (χ1v) is 13.4. The van der Waals surface area contributed by atoms with E-state index in [1.54, 1.807) is 11.3 Å². The number of alkyl halides is 3. The first-order valence-electron chi connectivity index (χ1n) is 12.5. The van der Waals surface area contributed by atoms with E-state index < -0.39 is 12.1 Å². The topological polar surface area (TPSA) is 125 Å². The van der Waals surface area contributed by atoms with Crippen LogP contribution in [0.2, 0.25) is 0 Å². The third-order valence-electron chi connectivity index (χ3n) is 6.25. The smallest absolute Gasteiger partial charge is 0.475 e. The second-order valence-electron chi connectivity index (χ2n) is 9.08. The number of thiazole rings is 1. The average molecular weight is 584 g/mol. The molecule has 1 amide bonds. The summed E-state index contributed by atoms with van der Waals surface area (Å²) < 4.78 is 33.9. The predicted molar refractivity (Wildman–Crippen MR) is 148 cm³/mol. The predicted octanol–water partition coefficient (Wildman–Crippen LogP) is 4.30. The van der Waals surface area contributed by atoms with Crippen molar-refractivity contribution in [2.45, 2.75) is 12.7 Å². The third kappa shape index (κ3) is 6.67. The molecule has 212 valence electrons. The van der Waals surface area contributed by atoms with E-state index in [-0.39, 0.29) is 11.6 Å². The lowest BCUT2D eigenvalue weighted by Gasteiger charge is -2.26. The number of nitrogens with one attached hydrogen (secondary N) is 2. The highest BCUT2D eigenvalue weighted by Crippen LogP contribution is 2.30. The van der Waals surface area contributed by atoms with Crippen LogP contribution in [0.1, 0.15) is 16.2 Å². The number of hydrogen-bond donors (Lipinski definition) is 3. The molecule has 3 aromatic heterocycles. The van der Waals surface area contributed by atoms with E-state index in [4.69, 9.17) is 14.9 Å². The molecule has 1 fully saturated rings. The van der Waals surface area contributed by atoms with Crippen LogP contribution in [0.4, 0.5) is 18.9 Å². The zero-order valence-electron chi connectivity index (χ0n) is 21.4. The normalized spacial score (nSPS) is 14.0. The van der Waals surface area contributed by atoms with Gasteiger partial charge in [0.2, 0.25) is 0 Å². The summed E-state index contributed by atoms with van der Waals surface area (Å²) in [6.45, 7) is 5.04. The fourth-order valence-corrected chi connectivity index (χ4v) is 5.10. The number of carboxylic acids is 1. The minimum Gasteiger partial charge on any atom is -0.475 e. The zero-order chi connectivity index (χ0) is 29.0. The summed E-state index contributed by atoms with van der Waals surface area (Å²) in [7, 11) is 0. The van der Waals surface area contributed by atoms with Crippen molar-refractivity contribution in [3.8, 4) is 11.3 Å². The number of aliphatic carboxylic acids is 1. The van der Waals surface area contributed by atoms with Crippen molar-refractivity contribution in [3.05, 3.63) is 77.7 Å². The molecule has 41 heavy (non-hydrogen) atoms. The van der Waals surface area contributed by atoms with Crippen molar-refractivity contribution < 1.29 is 27.9 Å². The Morgan fingerprint density at radius 3 is 2.44 bits per heavy atom. The molecule has 1 aliphatic heterocycles. The van der Waals surface area contributed by atoms with Gasteiger partial charge in [-0.05, 0) is 18.2 Å². The van der Waals surface area contributed by atoms with Crippen molar-refractivity contribution in [3.63, 3.8) is 0 Å². The van der Waals surface area contributed by atoms with Gasteiger partial charge >= 0.3 is 12.1 Å². The van der Waals surface area contributed by atoms with Crippen LogP contribution in [0.15, 0.2) is 66.3 Å².